The number of hydrogen-bond donors (Lipinski definition) is 0. The van der Waals surface area contributed by atoms with Crippen LogP contribution in [0, 0.1) is 11.8 Å². The molecule has 0 amide bonds. The molecule has 0 unspecified atom stereocenters. The molecule has 1 aliphatic heterocycles. The van der Waals surface area contributed by atoms with Gasteiger partial charge in [0, 0.05) is 25.8 Å². The molecule has 130 valence electrons. The molecule has 0 bridgehead atoms. The number of hydrogen-bond acceptors (Lipinski definition) is 2. The fourth-order valence-electron chi connectivity index (χ4n) is 3.57. The van der Waals surface area contributed by atoms with Gasteiger partial charge < -0.3 is 9.80 Å². The zero-order chi connectivity index (χ0) is 16.7. The van der Waals surface area contributed by atoms with Crippen LogP contribution in [-0.2, 0) is 6.42 Å². The highest BCUT2D eigenvalue weighted by Gasteiger charge is 2.21. The van der Waals surface area contributed by atoms with Crippen molar-refractivity contribution in [3.8, 4) is 0 Å². The Labute approximate surface area is 143 Å². The first-order valence-corrected chi connectivity index (χ1v) is 9.62. The Kier molecular flexibility index (Phi) is 7.42. The molecule has 0 radical (unpaired) electrons. The summed E-state index contributed by atoms with van der Waals surface area (Å²) in [6.45, 7) is 12.0. The predicted octanol–water partition coefficient (Wildman–Crippen LogP) is 4.83. The number of piperidine rings is 1. The van der Waals surface area contributed by atoms with Crippen LogP contribution >= 0.6 is 0 Å². The molecule has 23 heavy (non-hydrogen) atoms. The van der Waals surface area contributed by atoms with Crippen molar-refractivity contribution in [3.63, 3.8) is 0 Å². The van der Waals surface area contributed by atoms with E-state index in [0.717, 1.165) is 18.4 Å². The lowest BCUT2D eigenvalue weighted by Gasteiger charge is -2.33. The van der Waals surface area contributed by atoms with Crippen LogP contribution in [0.3, 0.4) is 0 Å². The molecule has 1 heterocycles. The summed E-state index contributed by atoms with van der Waals surface area (Å²) in [5.41, 5.74) is 2.82. The fourth-order valence-corrected chi connectivity index (χ4v) is 3.57. The minimum absolute atomic E-state index is 0.856. The molecular weight excluding hydrogens is 280 g/mol. The van der Waals surface area contributed by atoms with Gasteiger partial charge in [-0.3, -0.25) is 0 Å². The Bertz CT molecular complexity index is 430. The smallest absolute Gasteiger partial charge is 0.0363 e. The average Bonchev–Trinajstić information content (AvgIpc) is 2.58. The van der Waals surface area contributed by atoms with Gasteiger partial charge in [0.25, 0.3) is 0 Å². The van der Waals surface area contributed by atoms with Crippen LogP contribution in [0.25, 0.3) is 0 Å². The Hall–Kier alpha value is -1.02. The van der Waals surface area contributed by atoms with Gasteiger partial charge in [-0.1, -0.05) is 39.3 Å². The first kappa shape index (κ1) is 18.3. The standard InChI is InChI=1S/C21H36N2/c1-5-6-14-22(4)21-9-7-19(8-10-21)11-15-23-16-12-20(13-17-23)18(2)3/h7-10,18,20H,5-6,11-17H2,1-4H3. The summed E-state index contributed by atoms with van der Waals surface area (Å²) in [6.07, 6.45) is 6.49. The molecule has 0 aliphatic carbocycles. The number of rotatable bonds is 8. The van der Waals surface area contributed by atoms with Crippen molar-refractivity contribution in [3.05, 3.63) is 29.8 Å². The van der Waals surface area contributed by atoms with Crippen LogP contribution in [0.15, 0.2) is 24.3 Å². The molecule has 1 aromatic rings. The second kappa shape index (κ2) is 9.32. The highest BCUT2D eigenvalue weighted by atomic mass is 15.1. The molecule has 0 spiro atoms. The van der Waals surface area contributed by atoms with Crippen molar-refractivity contribution in [2.75, 3.05) is 38.1 Å². The molecule has 2 heteroatoms. The van der Waals surface area contributed by atoms with Gasteiger partial charge >= 0.3 is 0 Å². The van der Waals surface area contributed by atoms with Gasteiger partial charge in [0.2, 0.25) is 0 Å². The van der Waals surface area contributed by atoms with Gasteiger partial charge in [-0.25, -0.2) is 0 Å². The molecule has 1 aromatic carbocycles. The molecule has 1 aliphatic rings. The van der Waals surface area contributed by atoms with Crippen LogP contribution in [-0.4, -0.2) is 38.1 Å². The molecule has 0 N–H and O–H groups in total. The average molecular weight is 317 g/mol. The second-order valence-electron chi connectivity index (χ2n) is 7.61. The van der Waals surface area contributed by atoms with Crippen LogP contribution < -0.4 is 4.90 Å². The van der Waals surface area contributed by atoms with E-state index in [1.165, 1.54) is 63.0 Å². The maximum absolute atomic E-state index is 2.65. The lowest BCUT2D eigenvalue weighted by Crippen LogP contribution is -2.36. The minimum Gasteiger partial charge on any atom is -0.375 e. The number of nitrogens with zero attached hydrogens (tertiary/aromatic N) is 2. The summed E-state index contributed by atoms with van der Waals surface area (Å²) in [7, 11) is 2.20. The molecule has 0 atom stereocenters. The number of benzene rings is 1. The minimum atomic E-state index is 0.856. The monoisotopic (exact) mass is 316 g/mol. The van der Waals surface area contributed by atoms with Gasteiger partial charge in [0.05, 0.1) is 0 Å². The summed E-state index contributed by atoms with van der Waals surface area (Å²) in [5, 5.41) is 0. The third-order valence-corrected chi connectivity index (χ3v) is 5.52. The SMILES string of the molecule is CCCCN(C)c1ccc(CCN2CCC(C(C)C)CC2)cc1. The normalized spacial score (nSPS) is 16.9. The lowest BCUT2D eigenvalue weighted by molar-refractivity contribution is 0.159. The van der Waals surface area contributed by atoms with Gasteiger partial charge in [0.15, 0.2) is 0 Å². The van der Waals surface area contributed by atoms with E-state index in [0.29, 0.717) is 0 Å². The van der Waals surface area contributed by atoms with Crippen molar-refractivity contribution in [1.82, 2.24) is 4.90 Å². The molecule has 0 saturated carbocycles. The zero-order valence-electron chi connectivity index (χ0n) is 15.7. The second-order valence-corrected chi connectivity index (χ2v) is 7.61. The van der Waals surface area contributed by atoms with Crippen molar-refractivity contribution < 1.29 is 0 Å². The van der Waals surface area contributed by atoms with E-state index in [4.69, 9.17) is 0 Å². The topological polar surface area (TPSA) is 6.48 Å². The summed E-state index contributed by atoms with van der Waals surface area (Å²) in [4.78, 5) is 5.02. The van der Waals surface area contributed by atoms with E-state index in [9.17, 15) is 0 Å². The largest absolute Gasteiger partial charge is 0.375 e. The van der Waals surface area contributed by atoms with E-state index in [1.54, 1.807) is 0 Å². The fraction of sp³-hybridized carbons (Fsp3) is 0.714. The Morgan fingerprint density at radius 1 is 1.13 bits per heavy atom. The molecular formula is C21H36N2. The van der Waals surface area contributed by atoms with E-state index >= 15 is 0 Å². The summed E-state index contributed by atoms with van der Waals surface area (Å²) in [6, 6.07) is 9.21. The Morgan fingerprint density at radius 3 is 2.35 bits per heavy atom. The van der Waals surface area contributed by atoms with Crippen molar-refractivity contribution in [2.45, 2.75) is 52.9 Å². The van der Waals surface area contributed by atoms with Crippen LogP contribution in [0.2, 0.25) is 0 Å². The Morgan fingerprint density at radius 2 is 1.78 bits per heavy atom. The van der Waals surface area contributed by atoms with Gasteiger partial charge in [0.1, 0.15) is 0 Å². The van der Waals surface area contributed by atoms with Gasteiger partial charge in [-0.15, -0.1) is 0 Å². The van der Waals surface area contributed by atoms with E-state index in [-0.39, 0.29) is 0 Å². The number of likely N-dealkylation sites (tertiary alicyclic amines) is 1. The highest BCUT2D eigenvalue weighted by Crippen LogP contribution is 2.24. The van der Waals surface area contributed by atoms with Crippen LogP contribution in [0.4, 0.5) is 5.69 Å². The molecule has 2 nitrogen and oxygen atoms in total. The summed E-state index contributed by atoms with van der Waals surface area (Å²) >= 11 is 0. The molecule has 1 saturated heterocycles. The molecule has 1 fully saturated rings. The summed E-state index contributed by atoms with van der Waals surface area (Å²) in [5.74, 6) is 1.80. The van der Waals surface area contributed by atoms with Gasteiger partial charge in [-0.2, -0.15) is 0 Å². The number of anilines is 1. The number of unbranched alkanes of at least 4 members (excludes halogenated alkanes) is 1. The maximum atomic E-state index is 2.65. The molecule has 2 rings (SSSR count). The quantitative estimate of drug-likeness (QED) is 0.677. The summed E-state index contributed by atoms with van der Waals surface area (Å²) < 4.78 is 0. The van der Waals surface area contributed by atoms with E-state index in [2.05, 4.69) is 61.9 Å². The predicted molar refractivity (Wildman–Crippen MR) is 102 cm³/mol. The lowest BCUT2D eigenvalue weighted by atomic mass is 9.86. The Balaban J connectivity index is 1.74. The van der Waals surface area contributed by atoms with E-state index < -0.39 is 0 Å². The first-order chi connectivity index (χ1) is 11.1. The molecule has 0 aromatic heterocycles. The maximum Gasteiger partial charge on any atom is 0.0363 e. The van der Waals surface area contributed by atoms with Gasteiger partial charge in [-0.05, 0) is 68.3 Å². The highest BCUT2D eigenvalue weighted by molar-refractivity contribution is 5.46. The van der Waals surface area contributed by atoms with Crippen LogP contribution in [0.1, 0.15) is 52.0 Å². The van der Waals surface area contributed by atoms with Crippen molar-refractivity contribution in [2.24, 2.45) is 11.8 Å². The van der Waals surface area contributed by atoms with Crippen LogP contribution in [0.5, 0.6) is 0 Å². The van der Waals surface area contributed by atoms with Crippen molar-refractivity contribution in [1.29, 1.82) is 0 Å². The third-order valence-electron chi connectivity index (χ3n) is 5.52. The third kappa shape index (κ3) is 5.84. The zero-order valence-corrected chi connectivity index (χ0v) is 15.7. The van der Waals surface area contributed by atoms with E-state index in [1.807, 2.05) is 0 Å². The first-order valence-electron chi connectivity index (χ1n) is 9.62. The van der Waals surface area contributed by atoms with Crippen molar-refractivity contribution >= 4 is 5.69 Å².